The third-order valence-electron chi connectivity index (χ3n) is 5.67. The standard InChI is InChI=1S/C20H33F3O2/c1-3-5-11-24-14-7-8-15(17(21)13-14)16-9-10-18(20(23)19(16)22)25-12-6-4-2/h3,5,14-20H,4,6-13H2,1-2H3. The molecule has 0 aromatic heterocycles. The third-order valence-corrected chi connectivity index (χ3v) is 5.67. The van der Waals surface area contributed by atoms with Crippen molar-refractivity contribution in [2.24, 2.45) is 11.8 Å². The lowest BCUT2D eigenvalue weighted by atomic mass is 9.70. The van der Waals surface area contributed by atoms with Crippen molar-refractivity contribution in [2.75, 3.05) is 13.2 Å². The van der Waals surface area contributed by atoms with Gasteiger partial charge in [-0.2, -0.15) is 0 Å². The largest absolute Gasteiger partial charge is 0.375 e. The second-order valence-corrected chi connectivity index (χ2v) is 7.41. The summed E-state index contributed by atoms with van der Waals surface area (Å²) in [6.07, 6.45) is 3.04. The fraction of sp³-hybridized carbons (Fsp3) is 0.900. The van der Waals surface area contributed by atoms with Gasteiger partial charge in [-0.05, 0) is 50.9 Å². The van der Waals surface area contributed by atoms with Crippen LogP contribution in [0.25, 0.3) is 0 Å². The van der Waals surface area contributed by atoms with E-state index in [2.05, 4.69) is 0 Å². The van der Waals surface area contributed by atoms with Gasteiger partial charge in [-0.3, -0.25) is 0 Å². The maximum Gasteiger partial charge on any atom is 0.157 e. The van der Waals surface area contributed by atoms with Crippen molar-refractivity contribution in [1.29, 1.82) is 0 Å². The van der Waals surface area contributed by atoms with Crippen LogP contribution in [0.4, 0.5) is 13.2 Å². The SMILES string of the molecule is CC=CCOC1CCC(C2CCC(OCCCC)C(F)C2F)C(F)C1. The first-order valence-corrected chi connectivity index (χ1v) is 9.85. The number of allylic oxidation sites excluding steroid dienone is 1. The summed E-state index contributed by atoms with van der Waals surface area (Å²) in [5, 5.41) is 0. The Kier molecular flexibility index (Phi) is 8.77. The molecule has 0 spiro atoms. The van der Waals surface area contributed by atoms with Crippen LogP contribution in [0.5, 0.6) is 0 Å². The highest BCUT2D eigenvalue weighted by molar-refractivity contribution is 4.96. The minimum absolute atomic E-state index is 0.115. The Labute approximate surface area is 150 Å². The van der Waals surface area contributed by atoms with Gasteiger partial charge in [-0.1, -0.05) is 25.5 Å². The molecular weight excluding hydrogens is 329 g/mol. The van der Waals surface area contributed by atoms with Crippen molar-refractivity contribution in [1.82, 2.24) is 0 Å². The van der Waals surface area contributed by atoms with E-state index in [4.69, 9.17) is 9.47 Å². The summed E-state index contributed by atoms with van der Waals surface area (Å²) in [6, 6.07) is 0. The van der Waals surface area contributed by atoms with E-state index in [1.807, 2.05) is 26.0 Å². The highest BCUT2D eigenvalue weighted by Gasteiger charge is 2.47. The van der Waals surface area contributed by atoms with E-state index < -0.39 is 36.5 Å². The molecule has 0 aromatic rings. The lowest BCUT2D eigenvalue weighted by Crippen LogP contribution is -2.48. The van der Waals surface area contributed by atoms with Crippen LogP contribution in [0.1, 0.15) is 58.8 Å². The van der Waals surface area contributed by atoms with E-state index in [1.165, 1.54) is 0 Å². The molecule has 0 aromatic carbocycles. The summed E-state index contributed by atoms with van der Waals surface area (Å²) in [7, 11) is 0. The maximum atomic E-state index is 14.6. The van der Waals surface area contributed by atoms with Crippen LogP contribution in [0.2, 0.25) is 0 Å². The molecule has 0 aliphatic heterocycles. The first-order valence-electron chi connectivity index (χ1n) is 9.85. The fourth-order valence-electron chi connectivity index (χ4n) is 4.15. The van der Waals surface area contributed by atoms with Crippen molar-refractivity contribution in [3.8, 4) is 0 Å². The molecule has 2 aliphatic rings. The predicted molar refractivity (Wildman–Crippen MR) is 94.0 cm³/mol. The Morgan fingerprint density at radius 1 is 0.960 bits per heavy atom. The molecule has 5 heteroatoms. The monoisotopic (exact) mass is 362 g/mol. The third kappa shape index (κ3) is 5.72. The summed E-state index contributed by atoms with van der Waals surface area (Å²) < 4.78 is 54.8. The van der Waals surface area contributed by atoms with Gasteiger partial charge in [-0.15, -0.1) is 0 Å². The zero-order valence-corrected chi connectivity index (χ0v) is 15.5. The molecule has 25 heavy (non-hydrogen) atoms. The number of hydrogen-bond donors (Lipinski definition) is 0. The van der Waals surface area contributed by atoms with Gasteiger partial charge in [-0.25, -0.2) is 13.2 Å². The van der Waals surface area contributed by atoms with Gasteiger partial charge in [0.25, 0.3) is 0 Å². The molecule has 2 nitrogen and oxygen atoms in total. The van der Waals surface area contributed by atoms with Gasteiger partial charge >= 0.3 is 0 Å². The van der Waals surface area contributed by atoms with Crippen LogP contribution in [0.15, 0.2) is 12.2 Å². The summed E-state index contributed by atoms with van der Waals surface area (Å²) in [6.45, 7) is 4.90. The molecule has 2 fully saturated rings. The van der Waals surface area contributed by atoms with Crippen LogP contribution < -0.4 is 0 Å². The molecule has 2 saturated carbocycles. The lowest BCUT2D eigenvalue weighted by Gasteiger charge is -2.42. The van der Waals surface area contributed by atoms with E-state index in [0.717, 1.165) is 19.3 Å². The van der Waals surface area contributed by atoms with E-state index in [9.17, 15) is 13.2 Å². The van der Waals surface area contributed by atoms with Gasteiger partial charge in [0.2, 0.25) is 0 Å². The molecule has 7 unspecified atom stereocenters. The van der Waals surface area contributed by atoms with E-state index in [0.29, 0.717) is 38.9 Å². The molecular formula is C20H33F3O2. The van der Waals surface area contributed by atoms with Gasteiger partial charge in [0.05, 0.1) is 18.8 Å². The molecule has 2 rings (SSSR count). The molecule has 0 amide bonds. The topological polar surface area (TPSA) is 18.5 Å². The first-order chi connectivity index (χ1) is 12.1. The smallest absolute Gasteiger partial charge is 0.157 e. The Bertz CT molecular complexity index is 404. The number of halogens is 3. The highest BCUT2D eigenvalue weighted by atomic mass is 19.2. The van der Waals surface area contributed by atoms with Crippen LogP contribution in [-0.2, 0) is 9.47 Å². The van der Waals surface area contributed by atoms with Crippen molar-refractivity contribution in [3.63, 3.8) is 0 Å². The number of rotatable bonds is 8. The number of ether oxygens (including phenoxy) is 2. The Balaban J connectivity index is 1.83. The van der Waals surface area contributed by atoms with Crippen molar-refractivity contribution in [3.05, 3.63) is 12.2 Å². The Morgan fingerprint density at radius 3 is 2.40 bits per heavy atom. The predicted octanol–water partition coefficient (Wildman–Crippen LogP) is 5.36. The van der Waals surface area contributed by atoms with Crippen molar-refractivity contribution in [2.45, 2.75) is 89.5 Å². The van der Waals surface area contributed by atoms with Gasteiger partial charge < -0.3 is 9.47 Å². The van der Waals surface area contributed by atoms with Gasteiger partial charge in [0, 0.05) is 13.0 Å². The number of alkyl halides is 3. The van der Waals surface area contributed by atoms with Crippen LogP contribution in [0.3, 0.4) is 0 Å². The molecule has 0 N–H and O–H groups in total. The van der Waals surface area contributed by atoms with Crippen LogP contribution in [0, 0.1) is 11.8 Å². The van der Waals surface area contributed by atoms with E-state index in [-0.39, 0.29) is 6.10 Å². The second kappa shape index (κ2) is 10.6. The van der Waals surface area contributed by atoms with E-state index in [1.54, 1.807) is 0 Å². The molecule has 146 valence electrons. The van der Waals surface area contributed by atoms with Crippen LogP contribution >= 0.6 is 0 Å². The molecule has 0 heterocycles. The lowest BCUT2D eigenvalue weighted by molar-refractivity contribution is -0.101. The average Bonchev–Trinajstić information content (AvgIpc) is 2.60. The summed E-state index contributed by atoms with van der Waals surface area (Å²) in [5.74, 6) is -0.932. The quantitative estimate of drug-likeness (QED) is 0.428. The molecule has 7 atom stereocenters. The number of hydrogen-bond acceptors (Lipinski definition) is 2. The minimum atomic E-state index is -1.63. The summed E-state index contributed by atoms with van der Waals surface area (Å²) in [5.41, 5.74) is 0. The molecule has 0 bridgehead atoms. The zero-order chi connectivity index (χ0) is 18.2. The number of unbranched alkanes of at least 4 members (excludes halogenated alkanes) is 1. The molecule has 0 radical (unpaired) electrons. The Morgan fingerprint density at radius 2 is 1.72 bits per heavy atom. The highest BCUT2D eigenvalue weighted by Crippen LogP contribution is 2.43. The molecule has 2 aliphatic carbocycles. The van der Waals surface area contributed by atoms with E-state index >= 15 is 0 Å². The average molecular weight is 362 g/mol. The molecule has 0 saturated heterocycles. The maximum absolute atomic E-state index is 14.6. The van der Waals surface area contributed by atoms with Gasteiger partial charge in [0.15, 0.2) is 6.17 Å². The summed E-state index contributed by atoms with van der Waals surface area (Å²) >= 11 is 0. The second-order valence-electron chi connectivity index (χ2n) is 7.41. The normalized spacial score (nSPS) is 39.8. The van der Waals surface area contributed by atoms with Crippen LogP contribution in [-0.4, -0.2) is 43.9 Å². The van der Waals surface area contributed by atoms with Crippen molar-refractivity contribution >= 4 is 0 Å². The fourth-order valence-corrected chi connectivity index (χ4v) is 4.15. The zero-order valence-electron chi connectivity index (χ0n) is 15.5. The van der Waals surface area contributed by atoms with Crippen molar-refractivity contribution < 1.29 is 22.6 Å². The Hall–Kier alpha value is -0.550. The summed E-state index contributed by atoms with van der Waals surface area (Å²) in [4.78, 5) is 0. The first kappa shape index (κ1) is 20.8. The minimum Gasteiger partial charge on any atom is -0.375 e. The van der Waals surface area contributed by atoms with Gasteiger partial charge in [0.1, 0.15) is 12.3 Å².